The van der Waals surface area contributed by atoms with E-state index < -0.39 is 28.6 Å². The molecule has 0 saturated carbocycles. The number of benzene rings is 2. The molecule has 7 nitrogen and oxygen atoms in total. The maximum Gasteiger partial charge on any atom is 0.334 e. The topological polar surface area (TPSA) is 92.7 Å². The van der Waals surface area contributed by atoms with E-state index in [0.717, 1.165) is 23.8 Å². The largest absolute Gasteiger partial charge is 0.354 e. The summed E-state index contributed by atoms with van der Waals surface area (Å²) in [6, 6.07) is 8.59. The van der Waals surface area contributed by atoms with Crippen molar-refractivity contribution in [3.8, 4) is 5.69 Å². The summed E-state index contributed by atoms with van der Waals surface area (Å²) in [6.07, 6.45) is 1.68. The summed E-state index contributed by atoms with van der Waals surface area (Å²) in [5.41, 5.74) is -1.65. The van der Waals surface area contributed by atoms with Gasteiger partial charge in [-0.15, -0.1) is 0 Å². The van der Waals surface area contributed by atoms with Crippen molar-refractivity contribution in [3.63, 3.8) is 0 Å². The van der Waals surface area contributed by atoms with Crippen molar-refractivity contribution >= 4 is 17.0 Å². The summed E-state index contributed by atoms with van der Waals surface area (Å²) in [5, 5.41) is 2.85. The number of aromatic amines is 1. The summed E-state index contributed by atoms with van der Waals surface area (Å²) in [5.74, 6) is -1.92. The number of H-pyrrole nitrogens is 1. The van der Waals surface area contributed by atoms with E-state index in [2.05, 4.69) is 20.3 Å². The van der Waals surface area contributed by atoms with Crippen molar-refractivity contribution in [3.05, 3.63) is 92.5 Å². The van der Waals surface area contributed by atoms with Crippen molar-refractivity contribution in [1.82, 2.24) is 19.5 Å². The monoisotopic (exact) mass is 413 g/mol. The molecule has 10 heteroatoms. The lowest BCUT2D eigenvalue weighted by Gasteiger charge is -2.09. The molecule has 2 N–H and O–H groups in total. The van der Waals surface area contributed by atoms with Crippen molar-refractivity contribution < 1.29 is 13.2 Å². The van der Waals surface area contributed by atoms with Crippen LogP contribution >= 0.6 is 0 Å². The Balaban J connectivity index is 1.64. The van der Waals surface area contributed by atoms with Crippen molar-refractivity contribution in [1.29, 1.82) is 0 Å². The summed E-state index contributed by atoms with van der Waals surface area (Å²) in [6.45, 7) is 0.380. The number of nitrogens with one attached hydrogen (secondary N) is 2. The highest BCUT2D eigenvalue weighted by atomic mass is 19.1. The fourth-order valence-electron chi connectivity index (χ4n) is 2.98. The highest BCUT2D eigenvalue weighted by Gasteiger charge is 2.15. The predicted octanol–water partition coefficient (Wildman–Crippen LogP) is 2.54. The first-order valence-electron chi connectivity index (χ1n) is 8.88. The van der Waals surface area contributed by atoms with Gasteiger partial charge in [-0.3, -0.25) is 9.78 Å². The number of hydrogen-bond donors (Lipinski definition) is 2. The normalized spacial score (nSPS) is 11.0. The van der Waals surface area contributed by atoms with Gasteiger partial charge < -0.3 is 5.32 Å². The molecule has 0 unspecified atom stereocenters. The Hall–Kier alpha value is -3.95. The molecule has 0 aliphatic rings. The van der Waals surface area contributed by atoms with Gasteiger partial charge in [-0.05, 0) is 36.2 Å². The third-order valence-corrected chi connectivity index (χ3v) is 4.39. The van der Waals surface area contributed by atoms with Gasteiger partial charge in [0.1, 0.15) is 22.8 Å². The molecule has 0 bridgehead atoms. The van der Waals surface area contributed by atoms with Gasteiger partial charge in [-0.25, -0.2) is 27.5 Å². The fourth-order valence-corrected chi connectivity index (χ4v) is 2.98. The number of anilines is 1. The Labute approximate surface area is 166 Å². The molecule has 0 amide bonds. The van der Waals surface area contributed by atoms with Gasteiger partial charge >= 0.3 is 5.69 Å². The van der Waals surface area contributed by atoms with Crippen LogP contribution < -0.4 is 16.6 Å². The van der Waals surface area contributed by atoms with Crippen molar-refractivity contribution in [2.75, 3.05) is 11.9 Å². The van der Waals surface area contributed by atoms with E-state index in [0.29, 0.717) is 17.5 Å². The van der Waals surface area contributed by atoms with Gasteiger partial charge in [0.15, 0.2) is 5.65 Å². The van der Waals surface area contributed by atoms with Crippen LogP contribution in [0.3, 0.4) is 0 Å². The van der Waals surface area contributed by atoms with Crippen LogP contribution in [0.15, 0.2) is 58.3 Å². The second-order valence-electron chi connectivity index (χ2n) is 6.43. The number of halogens is 3. The molecule has 0 fully saturated rings. The van der Waals surface area contributed by atoms with Crippen LogP contribution in [0.25, 0.3) is 16.7 Å². The van der Waals surface area contributed by atoms with Crippen molar-refractivity contribution in [2.45, 2.75) is 6.42 Å². The number of hydrogen-bond acceptors (Lipinski definition) is 5. The smallest absolute Gasteiger partial charge is 0.334 e. The van der Waals surface area contributed by atoms with E-state index in [4.69, 9.17) is 0 Å². The molecule has 2 aromatic heterocycles. The molecular formula is C20H14F3N5O2. The minimum absolute atomic E-state index is 0.0543. The SMILES string of the molecule is O=c1[nH]c2nc(NCCc3cccc(F)c3)ncc2c(=O)n1-c1cc(F)ccc1F. The van der Waals surface area contributed by atoms with Gasteiger partial charge in [-0.2, -0.15) is 4.98 Å². The van der Waals surface area contributed by atoms with E-state index in [1.807, 2.05) is 0 Å². The zero-order chi connectivity index (χ0) is 21.3. The van der Waals surface area contributed by atoms with E-state index >= 15 is 0 Å². The third-order valence-electron chi connectivity index (χ3n) is 4.39. The summed E-state index contributed by atoms with van der Waals surface area (Å²) in [4.78, 5) is 35.5. The highest BCUT2D eigenvalue weighted by molar-refractivity contribution is 5.73. The van der Waals surface area contributed by atoms with Gasteiger partial charge in [0.2, 0.25) is 5.95 Å². The van der Waals surface area contributed by atoms with E-state index in [-0.39, 0.29) is 22.8 Å². The predicted molar refractivity (Wildman–Crippen MR) is 104 cm³/mol. The zero-order valence-corrected chi connectivity index (χ0v) is 15.3. The first-order valence-corrected chi connectivity index (χ1v) is 8.88. The molecule has 30 heavy (non-hydrogen) atoms. The lowest BCUT2D eigenvalue weighted by atomic mass is 10.1. The zero-order valence-electron chi connectivity index (χ0n) is 15.3. The average Bonchev–Trinajstić information content (AvgIpc) is 2.70. The molecular weight excluding hydrogens is 399 g/mol. The Morgan fingerprint density at radius 1 is 1.03 bits per heavy atom. The maximum absolute atomic E-state index is 14.0. The lowest BCUT2D eigenvalue weighted by Crippen LogP contribution is -2.34. The van der Waals surface area contributed by atoms with Crippen LogP contribution in [0.5, 0.6) is 0 Å². The van der Waals surface area contributed by atoms with Crippen molar-refractivity contribution in [2.24, 2.45) is 0 Å². The molecule has 152 valence electrons. The van der Waals surface area contributed by atoms with Crippen LogP contribution in [0.1, 0.15) is 5.56 Å². The molecule has 2 aromatic carbocycles. The Kier molecular flexibility index (Phi) is 5.05. The van der Waals surface area contributed by atoms with E-state index in [1.54, 1.807) is 12.1 Å². The van der Waals surface area contributed by atoms with Crippen LogP contribution in [-0.4, -0.2) is 26.1 Å². The Morgan fingerprint density at radius 2 is 1.83 bits per heavy atom. The average molecular weight is 413 g/mol. The Morgan fingerprint density at radius 3 is 2.63 bits per heavy atom. The minimum Gasteiger partial charge on any atom is -0.354 e. The number of nitrogens with zero attached hydrogens (tertiary/aromatic N) is 3. The summed E-state index contributed by atoms with van der Waals surface area (Å²) in [7, 11) is 0. The molecule has 0 aliphatic heterocycles. The number of aromatic nitrogens is 4. The van der Waals surface area contributed by atoms with Crippen LogP contribution in [0, 0.1) is 17.5 Å². The molecule has 2 heterocycles. The van der Waals surface area contributed by atoms with Crippen LogP contribution in [-0.2, 0) is 6.42 Å². The maximum atomic E-state index is 14.0. The standard InChI is InChI=1S/C20H14F3N5O2/c21-12-3-1-2-11(8-12)6-7-24-19-25-10-14-17(26-19)27-20(30)28(18(14)29)16-9-13(22)4-5-15(16)23/h1-5,8-10H,6-7H2,(H2,24,25,26,27,30). The summed E-state index contributed by atoms with van der Waals surface area (Å²) < 4.78 is 41.2. The number of fused-ring (bicyclic) bond motifs is 1. The van der Waals surface area contributed by atoms with E-state index in [1.165, 1.54) is 18.3 Å². The molecule has 4 aromatic rings. The van der Waals surface area contributed by atoms with Gasteiger partial charge in [0.25, 0.3) is 5.56 Å². The minimum atomic E-state index is -0.971. The Bertz CT molecular complexity index is 1370. The third kappa shape index (κ3) is 3.79. The van der Waals surface area contributed by atoms with Crippen LogP contribution in [0.2, 0.25) is 0 Å². The molecule has 4 rings (SSSR count). The molecule has 0 spiro atoms. The quantitative estimate of drug-likeness (QED) is 0.525. The molecule has 0 atom stereocenters. The second-order valence-corrected chi connectivity index (χ2v) is 6.43. The lowest BCUT2D eigenvalue weighted by molar-refractivity contribution is 0.588. The molecule has 0 saturated heterocycles. The van der Waals surface area contributed by atoms with Gasteiger partial charge in [0.05, 0.1) is 5.69 Å². The van der Waals surface area contributed by atoms with E-state index in [9.17, 15) is 22.8 Å². The first-order chi connectivity index (χ1) is 14.4. The number of rotatable bonds is 5. The second kappa shape index (κ2) is 7.82. The van der Waals surface area contributed by atoms with Gasteiger partial charge in [-0.1, -0.05) is 12.1 Å². The first kappa shape index (κ1) is 19.4. The fraction of sp³-hybridized carbons (Fsp3) is 0.100. The summed E-state index contributed by atoms with van der Waals surface area (Å²) >= 11 is 0. The van der Waals surface area contributed by atoms with Crippen LogP contribution in [0.4, 0.5) is 19.1 Å². The highest BCUT2D eigenvalue weighted by Crippen LogP contribution is 2.13. The molecule has 0 aliphatic carbocycles. The molecule has 0 radical (unpaired) electrons. The van der Waals surface area contributed by atoms with Gasteiger partial charge in [0, 0.05) is 18.8 Å².